The normalized spacial score (nSPS) is 12.9. The fraction of sp³-hybridized carbons (Fsp3) is 0.192. The van der Waals surface area contributed by atoms with Gasteiger partial charge in [-0.15, -0.1) is 0 Å². The molecule has 0 spiro atoms. The monoisotopic (exact) mass is 462 g/mol. The van der Waals surface area contributed by atoms with E-state index in [0.29, 0.717) is 0 Å². The fourth-order valence-corrected chi connectivity index (χ4v) is 4.15. The first-order chi connectivity index (χ1) is 16.4. The van der Waals surface area contributed by atoms with Crippen molar-refractivity contribution < 1.29 is 28.6 Å². The van der Waals surface area contributed by atoms with Crippen LogP contribution in [0.2, 0.25) is 0 Å². The summed E-state index contributed by atoms with van der Waals surface area (Å²) in [6.45, 7) is 1.62. The average molecular weight is 462 g/mol. The van der Waals surface area contributed by atoms with Gasteiger partial charge in [0.05, 0.1) is 11.3 Å². The number of carbonyl (C=O) groups excluding carboxylic acids is 2. The number of ether oxygens (including phenoxy) is 1. The van der Waals surface area contributed by atoms with Crippen molar-refractivity contribution in [1.29, 1.82) is 0 Å². The molecule has 0 aromatic heterocycles. The predicted octanol–water partition coefficient (Wildman–Crippen LogP) is 4.78. The van der Waals surface area contributed by atoms with Gasteiger partial charge >= 0.3 is 12.1 Å². The number of anilines is 1. The van der Waals surface area contributed by atoms with Crippen LogP contribution in [0.3, 0.4) is 0 Å². The van der Waals surface area contributed by atoms with E-state index in [-0.39, 0.29) is 30.2 Å². The zero-order chi connectivity index (χ0) is 24.2. The second-order valence-corrected chi connectivity index (χ2v) is 7.89. The lowest BCUT2D eigenvalue weighted by Crippen LogP contribution is -2.40. The molecule has 0 radical (unpaired) electrons. The van der Waals surface area contributed by atoms with Gasteiger partial charge in [-0.2, -0.15) is 0 Å². The van der Waals surface area contributed by atoms with Crippen LogP contribution in [0, 0.1) is 5.82 Å². The second kappa shape index (κ2) is 9.74. The van der Waals surface area contributed by atoms with Gasteiger partial charge in [-0.3, -0.25) is 10.1 Å². The van der Waals surface area contributed by atoms with Crippen molar-refractivity contribution >= 4 is 23.7 Å². The lowest BCUT2D eigenvalue weighted by molar-refractivity contribution is -0.139. The van der Waals surface area contributed by atoms with Crippen molar-refractivity contribution in [1.82, 2.24) is 5.32 Å². The van der Waals surface area contributed by atoms with Crippen LogP contribution in [-0.4, -0.2) is 35.7 Å². The van der Waals surface area contributed by atoms with Crippen LogP contribution in [0.25, 0.3) is 11.1 Å². The molecule has 174 valence electrons. The summed E-state index contributed by atoms with van der Waals surface area (Å²) in [5.74, 6) is -3.05. The van der Waals surface area contributed by atoms with Crippen LogP contribution in [0.15, 0.2) is 66.7 Å². The molecule has 0 saturated heterocycles. The number of rotatable bonds is 7. The molecule has 3 aromatic rings. The lowest BCUT2D eigenvalue weighted by atomic mass is 9.98. The summed E-state index contributed by atoms with van der Waals surface area (Å²) in [6.07, 6.45) is -0.780. The summed E-state index contributed by atoms with van der Waals surface area (Å²) in [5, 5.41) is 13.8. The Bertz CT molecular complexity index is 1210. The van der Waals surface area contributed by atoms with E-state index in [1.54, 1.807) is 6.92 Å². The molecule has 8 heteroatoms. The Labute approximate surface area is 195 Å². The number of benzene rings is 3. The number of halogens is 1. The maximum atomic E-state index is 14.5. The SMILES string of the molecule is CCC(NC(=O)c1cccc(F)c1NC(=O)OCC1c2ccccc2-c2ccccc21)C(=O)O. The van der Waals surface area contributed by atoms with E-state index in [4.69, 9.17) is 4.74 Å². The molecule has 7 nitrogen and oxygen atoms in total. The minimum Gasteiger partial charge on any atom is -0.480 e. The molecule has 1 unspecified atom stereocenters. The third kappa shape index (κ3) is 4.47. The Balaban J connectivity index is 1.49. The first-order valence-electron chi connectivity index (χ1n) is 10.8. The molecule has 0 heterocycles. The van der Waals surface area contributed by atoms with Gasteiger partial charge < -0.3 is 15.2 Å². The van der Waals surface area contributed by atoms with Crippen LogP contribution in [0.5, 0.6) is 0 Å². The summed E-state index contributed by atoms with van der Waals surface area (Å²) in [7, 11) is 0. The first kappa shape index (κ1) is 23.0. The fourth-order valence-electron chi connectivity index (χ4n) is 4.15. The molecule has 34 heavy (non-hydrogen) atoms. The number of fused-ring (bicyclic) bond motifs is 3. The summed E-state index contributed by atoms with van der Waals surface area (Å²) in [5.41, 5.74) is 3.63. The van der Waals surface area contributed by atoms with Gasteiger partial charge in [0.1, 0.15) is 18.5 Å². The Morgan fingerprint density at radius 2 is 1.59 bits per heavy atom. The van der Waals surface area contributed by atoms with E-state index in [2.05, 4.69) is 10.6 Å². The average Bonchev–Trinajstić information content (AvgIpc) is 3.16. The highest BCUT2D eigenvalue weighted by atomic mass is 19.1. The minimum atomic E-state index is -1.21. The second-order valence-electron chi connectivity index (χ2n) is 7.89. The number of para-hydroxylation sites is 1. The maximum absolute atomic E-state index is 14.5. The number of nitrogens with one attached hydrogen (secondary N) is 2. The topological polar surface area (TPSA) is 105 Å². The van der Waals surface area contributed by atoms with Crippen LogP contribution in [0.4, 0.5) is 14.9 Å². The Morgan fingerprint density at radius 3 is 2.18 bits per heavy atom. The quantitative estimate of drug-likeness (QED) is 0.469. The highest BCUT2D eigenvalue weighted by Gasteiger charge is 2.29. The van der Waals surface area contributed by atoms with Crippen molar-refractivity contribution in [2.24, 2.45) is 0 Å². The van der Waals surface area contributed by atoms with Gasteiger partial charge in [-0.05, 0) is 40.8 Å². The Kier molecular flexibility index (Phi) is 6.58. The summed E-state index contributed by atoms with van der Waals surface area (Å²) in [6, 6.07) is 18.3. The van der Waals surface area contributed by atoms with Gasteiger partial charge in [0.25, 0.3) is 5.91 Å². The van der Waals surface area contributed by atoms with Crippen molar-refractivity contribution in [3.63, 3.8) is 0 Å². The van der Waals surface area contributed by atoms with E-state index in [1.807, 2.05) is 48.5 Å². The van der Waals surface area contributed by atoms with Crippen LogP contribution >= 0.6 is 0 Å². The lowest BCUT2D eigenvalue weighted by Gasteiger charge is -2.17. The molecule has 2 amide bonds. The molecular weight excluding hydrogens is 439 g/mol. The van der Waals surface area contributed by atoms with Crippen molar-refractivity contribution in [2.45, 2.75) is 25.3 Å². The molecule has 3 N–H and O–H groups in total. The third-order valence-electron chi connectivity index (χ3n) is 5.84. The van der Waals surface area contributed by atoms with Crippen molar-refractivity contribution in [2.75, 3.05) is 11.9 Å². The Morgan fingerprint density at radius 1 is 0.971 bits per heavy atom. The number of amides is 2. The van der Waals surface area contributed by atoms with Gasteiger partial charge in [-0.25, -0.2) is 14.0 Å². The van der Waals surface area contributed by atoms with Crippen LogP contribution < -0.4 is 10.6 Å². The maximum Gasteiger partial charge on any atom is 0.411 e. The molecule has 3 aromatic carbocycles. The molecule has 0 saturated carbocycles. The van der Waals surface area contributed by atoms with Gasteiger partial charge in [-0.1, -0.05) is 61.5 Å². The smallest absolute Gasteiger partial charge is 0.411 e. The minimum absolute atomic E-state index is 0.0206. The van der Waals surface area contributed by atoms with E-state index in [1.165, 1.54) is 12.1 Å². The molecule has 0 aliphatic heterocycles. The number of aliphatic carboxylic acids is 1. The third-order valence-corrected chi connectivity index (χ3v) is 5.84. The predicted molar refractivity (Wildman–Crippen MR) is 124 cm³/mol. The standard InChI is InChI=1S/C26H23FN2O5/c1-2-22(25(31)32)28-24(30)19-12-7-13-21(27)23(19)29-26(33)34-14-20-17-10-5-3-8-15(17)16-9-4-6-11-18(16)20/h3-13,20,22H,2,14H2,1H3,(H,28,30)(H,29,33)(H,31,32). The highest BCUT2D eigenvalue weighted by Crippen LogP contribution is 2.44. The molecule has 1 aliphatic rings. The van der Waals surface area contributed by atoms with E-state index in [0.717, 1.165) is 28.3 Å². The number of hydrogen-bond acceptors (Lipinski definition) is 4. The van der Waals surface area contributed by atoms with E-state index in [9.17, 15) is 23.9 Å². The number of hydrogen-bond donors (Lipinski definition) is 3. The summed E-state index contributed by atoms with van der Waals surface area (Å²) in [4.78, 5) is 36.4. The van der Waals surface area contributed by atoms with Crippen LogP contribution in [0.1, 0.15) is 40.7 Å². The highest BCUT2D eigenvalue weighted by molar-refractivity contribution is 6.04. The molecule has 1 aliphatic carbocycles. The Hall–Kier alpha value is -4.20. The van der Waals surface area contributed by atoms with Crippen LogP contribution in [-0.2, 0) is 9.53 Å². The number of carboxylic acids is 1. The molecule has 4 rings (SSSR count). The van der Waals surface area contributed by atoms with Gasteiger partial charge in [0.15, 0.2) is 0 Å². The molecule has 0 bridgehead atoms. The van der Waals surface area contributed by atoms with Gasteiger partial charge in [0.2, 0.25) is 0 Å². The summed E-state index contributed by atoms with van der Waals surface area (Å²) >= 11 is 0. The molecule has 0 fully saturated rings. The van der Waals surface area contributed by atoms with E-state index >= 15 is 0 Å². The zero-order valence-electron chi connectivity index (χ0n) is 18.4. The van der Waals surface area contributed by atoms with Crippen molar-refractivity contribution in [3.05, 3.63) is 89.2 Å². The number of carbonyl (C=O) groups is 3. The molecular formula is C26H23FN2O5. The van der Waals surface area contributed by atoms with E-state index < -0.39 is 29.8 Å². The largest absolute Gasteiger partial charge is 0.480 e. The zero-order valence-corrected chi connectivity index (χ0v) is 18.4. The van der Waals surface area contributed by atoms with Crippen molar-refractivity contribution in [3.8, 4) is 11.1 Å². The van der Waals surface area contributed by atoms with Gasteiger partial charge in [0, 0.05) is 5.92 Å². The first-order valence-corrected chi connectivity index (χ1v) is 10.8. The molecule has 1 atom stereocenters. The number of carboxylic acid groups (broad SMARTS) is 1. The summed E-state index contributed by atoms with van der Waals surface area (Å²) < 4.78 is 19.9.